The maximum Gasteiger partial charge on any atom is 0.212 e. The third-order valence-electron chi connectivity index (χ3n) is 0.705. The van der Waals surface area contributed by atoms with Crippen LogP contribution in [0.1, 0.15) is 0 Å². The Kier molecular flexibility index (Phi) is 3.14. The molecule has 0 saturated heterocycles. The fourth-order valence-corrected chi connectivity index (χ4v) is 0.285. The Hall–Kier alpha value is -2.01. The van der Waals surface area contributed by atoms with Gasteiger partial charge in [-0.2, -0.15) is 10.5 Å². The predicted octanol–water partition coefficient (Wildman–Crippen LogP) is -1.05. The zero-order chi connectivity index (χ0) is 7.98. The molecule has 0 aromatic heterocycles. The maximum absolute atomic E-state index is 9.73. The lowest BCUT2D eigenvalue weighted by atomic mass is 10.4. The number of nitrogens with zero attached hydrogens (tertiary/aromatic N) is 2. The van der Waals surface area contributed by atoms with Crippen LogP contribution in [0, 0.1) is 22.7 Å². The van der Waals surface area contributed by atoms with E-state index in [2.05, 4.69) is 0 Å². The Labute approximate surface area is 57.3 Å². The molecule has 0 heterocycles. The van der Waals surface area contributed by atoms with Crippen molar-refractivity contribution in [2.45, 2.75) is 0 Å². The first-order valence-corrected chi connectivity index (χ1v) is 2.26. The average Bonchev–Trinajstić information content (AvgIpc) is 1.99. The molecular formula is C5H4N4O. The minimum atomic E-state index is -0.297. The van der Waals surface area contributed by atoms with Crippen LogP contribution in [0.4, 0.5) is 0 Å². The Bertz CT molecular complexity index is 241. The van der Waals surface area contributed by atoms with E-state index in [1.165, 1.54) is 6.07 Å². The van der Waals surface area contributed by atoms with E-state index in [4.69, 9.17) is 16.3 Å². The number of carbonyl (C=O) groups is 1. The van der Waals surface area contributed by atoms with Crippen molar-refractivity contribution >= 4 is 6.41 Å². The number of carbonyl (C=O) groups excluding carboxylic acids is 1. The third-order valence-corrected chi connectivity index (χ3v) is 0.705. The van der Waals surface area contributed by atoms with Gasteiger partial charge in [0.2, 0.25) is 6.41 Å². The van der Waals surface area contributed by atoms with E-state index in [0.717, 1.165) is 0 Å². The van der Waals surface area contributed by atoms with E-state index in [-0.39, 0.29) is 17.8 Å². The molecule has 50 valence electrons. The smallest absolute Gasteiger partial charge is 0.212 e. The lowest BCUT2D eigenvalue weighted by molar-refractivity contribution is -0.108. The second kappa shape index (κ2) is 3.93. The number of hydrogen-bond acceptors (Lipinski definition) is 4. The number of allylic oxidation sites excluding steroid dienone is 2. The Morgan fingerprint density at radius 3 is 2.40 bits per heavy atom. The largest absolute Gasteiger partial charge is 0.388 e. The topological polar surface area (TPSA) is 103 Å². The summed E-state index contributed by atoms with van der Waals surface area (Å²) in [5.41, 5.74) is 4.47. The van der Waals surface area contributed by atoms with E-state index in [1.54, 1.807) is 6.07 Å². The molecule has 0 fully saturated rings. The quantitative estimate of drug-likeness (QED) is 0.373. The molecule has 0 aliphatic rings. The van der Waals surface area contributed by atoms with E-state index >= 15 is 0 Å². The van der Waals surface area contributed by atoms with Gasteiger partial charge in [-0.15, -0.1) is 0 Å². The highest BCUT2D eigenvalue weighted by Crippen LogP contribution is 1.88. The molecule has 0 saturated carbocycles. The molecule has 0 radical (unpaired) electrons. The fraction of sp³-hybridized carbons (Fsp3) is 0. The Balaban J connectivity index is 4.53. The summed E-state index contributed by atoms with van der Waals surface area (Å²) in [6, 6.07) is 3.06. The molecule has 0 unspecified atom stereocenters. The number of rotatable bonds is 2. The van der Waals surface area contributed by atoms with Crippen molar-refractivity contribution in [3.8, 4) is 12.1 Å². The zero-order valence-corrected chi connectivity index (χ0v) is 4.96. The van der Waals surface area contributed by atoms with E-state index in [0.29, 0.717) is 0 Å². The van der Waals surface area contributed by atoms with Crippen LogP contribution in [0.15, 0.2) is 11.4 Å². The second-order valence-electron chi connectivity index (χ2n) is 1.27. The van der Waals surface area contributed by atoms with Crippen molar-refractivity contribution < 1.29 is 4.79 Å². The highest BCUT2D eigenvalue weighted by atomic mass is 16.1. The number of hydrogen-bond donors (Lipinski definition) is 2. The van der Waals surface area contributed by atoms with Gasteiger partial charge in [-0.1, -0.05) is 0 Å². The van der Waals surface area contributed by atoms with Gasteiger partial charge < -0.3 is 11.1 Å². The van der Waals surface area contributed by atoms with Gasteiger partial charge in [0.05, 0.1) is 0 Å². The summed E-state index contributed by atoms with van der Waals surface area (Å²) in [5, 5.41) is 18.3. The molecule has 0 aromatic carbocycles. The third kappa shape index (κ3) is 1.85. The van der Waals surface area contributed by atoms with Crippen molar-refractivity contribution in [3.05, 3.63) is 11.4 Å². The van der Waals surface area contributed by atoms with Crippen LogP contribution in [0.2, 0.25) is 0 Å². The van der Waals surface area contributed by atoms with Crippen LogP contribution in [-0.2, 0) is 4.79 Å². The summed E-state index contributed by atoms with van der Waals surface area (Å²) >= 11 is 0. The predicted molar refractivity (Wildman–Crippen MR) is 31.6 cm³/mol. The van der Waals surface area contributed by atoms with Crippen molar-refractivity contribution in [1.82, 2.24) is 5.32 Å². The molecule has 1 amide bonds. The number of nitrogens with two attached hydrogens (primary N) is 1. The van der Waals surface area contributed by atoms with Gasteiger partial charge in [0, 0.05) is 0 Å². The van der Waals surface area contributed by atoms with Crippen molar-refractivity contribution in [2.75, 3.05) is 0 Å². The summed E-state index contributed by atoms with van der Waals surface area (Å²) in [4.78, 5) is 9.73. The average molecular weight is 136 g/mol. The molecule has 0 aliphatic carbocycles. The lowest BCUT2D eigenvalue weighted by Crippen LogP contribution is -2.14. The zero-order valence-electron chi connectivity index (χ0n) is 4.96. The molecule has 10 heavy (non-hydrogen) atoms. The van der Waals surface area contributed by atoms with E-state index in [9.17, 15) is 4.79 Å². The first-order chi connectivity index (χ1) is 4.76. The molecule has 5 nitrogen and oxygen atoms in total. The molecule has 3 N–H and O–H groups in total. The van der Waals surface area contributed by atoms with Crippen LogP contribution in [0.3, 0.4) is 0 Å². The minimum absolute atomic E-state index is 0.225. The van der Waals surface area contributed by atoms with Crippen molar-refractivity contribution in [1.29, 1.82) is 10.5 Å². The van der Waals surface area contributed by atoms with Gasteiger partial charge in [0.15, 0.2) is 5.70 Å². The highest BCUT2D eigenvalue weighted by Gasteiger charge is 1.97. The van der Waals surface area contributed by atoms with Gasteiger partial charge in [0.25, 0.3) is 0 Å². The van der Waals surface area contributed by atoms with Gasteiger partial charge >= 0.3 is 0 Å². The molecule has 0 aromatic rings. The summed E-state index contributed by atoms with van der Waals surface area (Å²) in [5.74, 6) is 0. The van der Waals surface area contributed by atoms with Crippen LogP contribution in [0.25, 0.3) is 0 Å². The van der Waals surface area contributed by atoms with Gasteiger partial charge in [-0.25, -0.2) is 0 Å². The number of amides is 1. The minimum Gasteiger partial charge on any atom is -0.388 e. The number of nitrogens with one attached hydrogen (secondary N) is 1. The van der Waals surface area contributed by atoms with Crippen molar-refractivity contribution in [3.63, 3.8) is 0 Å². The van der Waals surface area contributed by atoms with Gasteiger partial charge in [-0.05, 0) is 0 Å². The Morgan fingerprint density at radius 2 is 2.10 bits per heavy atom. The molecule has 0 spiro atoms. The fourth-order valence-electron chi connectivity index (χ4n) is 0.285. The van der Waals surface area contributed by atoms with E-state index in [1.807, 2.05) is 5.32 Å². The molecular weight excluding hydrogens is 132 g/mol. The first kappa shape index (κ1) is 7.99. The second-order valence-corrected chi connectivity index (χ2v) is 1.27. The number of nitriles is 2. The standard InChI is InChI=1S/C5H4N4O/c6-1-4(8)5(2-7)9-3-10/h3H,8H2,(H,9,10). The van der Waals surface area contributed by atoms with Crippen LogP contribution in [-0.4, -0.2) is 6.41 Å². The normalized spacial score (nSPS) is 10.2. The Morgan fingerprint density at radius 1 is 1.50 bits per heavy atom. The van der Waals surface area contributed by atoms with E-state index < -0.39 is 0 Å². The summed E-state index contributed by atoms with van der Waals surface area (Å²) in [7, 11) is 0. The van der Waals surface area contributed by atoms with Crippen LogP contribution >= 0.6 is 0 Å². The maximum atomic E-state index is 9.73. The molecule has 0 bridgehead atoms. The van der Waals surface area contributed by atoms with Crippen LogP contribution in [0.5, 0.6) is 0 Å². The molecule has 5 heteroatoms. The summed E-state index contributed by atoms with van der Waals surface area (Å²) in [6.45, 7) is 0. The van der Waals surface area contributed by atoms with Gasteiger partial charge in [-0.3, -0.25) is 4.79 Å². The molecule has 0 rings (SSSR count). The first-order valence-electron chi connectivity index (χ1n) is 2.26. The summed E-state index contributed by atoms with van der Waals surface area (Å²) in [6.07, 6.45) is 0.281. The highest BCUT2D eigenvalue weighted by molar-refractivity contribution is 5.54. The summed E-state index contributed by atoms with van der Waals surface area (Å²) < 4.78 is 0. The lowest BCUT2D eigenvalue weighted by Gasteiger charge is -1.92. The molecule has 0 aliphatic heterocycles. The molecule has 0 atom stereocenters. The van der Waals surface area contributed by atoms with Crippen LogP contribution < -0.4 is 11.1 Å². The monoisotopic (exact) mass is 136 g/mol. The SMILES string of the molecule is N#CC(N)=C(C#N)NC=O. The van der Waals surface area contributed by atoms with Crippen molar-refractivity contribution in [2.24, 2.45) is 5.73 Å². The van der Waals surface area contributed by atoms with Gasteiger partial charge in [0.1, 0.15) is 17.8 Å².